The Hall–Kier alpha value is -1.35. The van der Waals surface area contributed by atoms with Gasteiger partial charge in [-0.15, -0.1) is 11.6 Å². The molecule has 0 bridgehead atoms. The lowest BCUT2D eigenvalue weighted by Gasteiger charge is -2.13. The number of alkyl halides is 1. The fourth-order valence-electron chi connectivity index (χ4n) is 1.71. The minimum Gasteiger partial charge on any atom is -0.253 e. The molecule has 2 aromatic rings. The van der Waals surface area contributed by atoms with Gasteiger partial charge in [0.1, 0.15) is 12.2 Å². The summed E-state index contributed by atoms with van der Waals surface area (Å²) in [6.07, 6.45) is 2.40. The predicted octanol–water partition coefficient (Wildman–Crippen LogP) is 2.38. The number of aromatic nitrogens is 3. The van der Waals surface area contributed by atoms with Crippen molar-refractivity contribution in [2.45, 2.75) is 12.3 Å². The van der Waals surface area contributed by atoms with E-state index in [1.807, 2.05) is 25.2 Å². The van der Waals surface area contributed by atoms with E-state index in [1.165, 1.54) is 5.56 Å². The number of hydrogen-bond acceptors (Lipinski definition) is 2. The zero-order valence-corrected chi connectivity index (χ0v) is 9.93. The lowest BCUT2D eigenvalue weighted by Crippen LogP contribution is -2.09. The highest BCUT2D eigenvalue weighted by Crippen LogP contribution is 2.20. The highest BCUT2D eigenvalue weighted by molar-refractivity contribution is 6.18. The summed E-state index contributed by atoms with van der Waals surface area (Å²) in [5.41, 5.74) is 1.25. The minimum absolute atomic E-state index is 0.297. The summed E-state index contributed by atoms with van der Waals surface area (Å²) in [5, 5.41) is 4.06. The monoisotopic (exact) mass is 235 g/mol. The minimum atomic E-state index is 0.297. The van der Waals surface area contributed by atoms with Gasteiger partial charge in [-0.05, 0) is 5.56 Å². The quantitative estimate of drug-likeness (QED) is 0.762. The summed E-state index contributed by atoms with van der Waals surface area (Å²) in [7, 11) is 1.90. The van der Waals surface area contributed by atoms with Crippen LogP contribution in [0.15, 0.2) is 36.7 Å². The van der Waals surface area contributed by atoms with E-state index in [0.717, 1.165) is 12.2 Å². The Kier molecular flexibility index (Phi) is 3.57. The van der Waals surface area contributed by atoms with Crippen molar-refractivity contribution in [3.63, 3.8) is 0 Å². The van der Waals surface area contributed by atoms with Crippen molar-refractivity contribution >= 4 is 11.6 Å². The maximum absolute atomic E-state index is 6.01. The van der Waals surface area contributed by atoms with Gasteiger partial charge in [0.15, 0.2) is 0 Å². The molecule has 0 aliphatic rings. The lowest BCUT2D eigenvalue weighted by atomic mass is 9.97. The largest absolute Gasteiger partial charge is 0.253 e. The van der Waals surface area contributed by atoms with Crippen LogP contribution in [0.4, 0.5) is 0 Å². The van der Waals surface area contributed by atoms with E-state index in [1.54, 1.807) is 11.0 Å². The summed E-state index contributed by atoms with van der Waals surface area (Å²) in [4.78, 5) is 4.22. The van der Waals surface area contributed by atoms with E-state index < -0.39 is 0 Å². The van der Waals surface area contributed by atoms with Crippen LogP contribution in [-0.2, 0) is 13.5 Å². The molecule has 1 unspecified atom stereocenters. The van der Waals surface area contributed by atoms with Crippen LogP contribution in [0.2, 0.25) is 0 Å². The summed E-state index contributed by atoms with van der Waals surface area (Å²) in [6, 6.07) is 10.3. The molecular formula is C12H14ClN3. The average Bonchev–Trinajstić information content (AvgIpc) is 2.73. The highest BCUT2D eigenvalue weighted by atomic mass is 35.5. The van der Waals surface area contributed by atoms with Crippen molar-refractivity contribution in [3.8, 4) is 0 Å². The average molecular weight is 236 g/mol. The first-order valence-electron chi connectivity index (χ1n) is 5.25. The lowest BCUT2D eigenvalue weighted by molar-refractivity contribution is 0.648. The van der Waals surface area contributed by atoms with Crippen LogP contribution in [0.5, 0.6) is 0 Å². The van der Waals surface area contributed by atoms with E-state index >= 15 is 0 Å². The molecule has 3 nitrogen and oxygen atoms in total. The van der Waals surface area contributed by atoms with Gasteiger partial charge in [0.05, 0.1) is 0 Å². The van der Waals surface area contributed by atoms with Crippen molar-refractivity contribution < 1.29 is 0 Å². The van der Waals surface area contributed by atoms with Crippen LogP contribution in [0.1, 0.15) is 17.3 Å². The number of benzene rings is 1. The van der Waals surface area contributed by atoms with E-state index in [4.69, 9.17) is 11.6 Å². The van der Waals surface area contributed by atoms with Crippen molar-refractivity contribution in [3.05, 3.63) is 48.0 Å². The van der Waals surface area contributed by atoms with Crippen LogP contribution in [-0.4, -0.2) is 20.6 Å². The van der Waals surface area contributed by atoms with E-state index in [9.17, 15) is 0 Å². The maximum Gasteiger partial charge on any atom is 0.138 e. The van der Waals surface area contributed by atoms with Gasteiger partial charge < -0.3 is 0 Å². The van der Waals surface area contributed by atoms with Crippen LogP contribution in [0, 0.1) is 0 Å². The van der Waals surface area contributed by atoms with Gasteiger partial charge in [0, 0.05) is 25.3 Å². The first-order valence-corrected chi connectivity index (χ1v) is 5.78. The normalized spacial score (nSPS) is 12.6. The van der Waals surface area contributed by atoms with Crippen molar-refractivity contribution in [1.82, 2.24) is 14.8 Å². The molecule has 1 aromatic carbocycles. The summed E-state index contributed by atoms with van der Waals surface area (Å²) in [5.74, 6) is 1.86. The standard InChI is InChI=1S/C12H14ClN3/c1-16-12(14-9-15-16)7-11(8-13)10-5-3-2-4-6-10/h2-6,9,11H,7-8H2,1H3. The highest BCUT2D eigenvalue weighted by Gasteiger charge is 2.13. The molecule has 1 aromatic heterocycles. The molecule has 0 aliphatic heterocycles. The molecule has 4 heteroatoms. The number of rotatable bonds is 4. The van der Waals surface area contributed by atoms with Crippen LogP contribution in [0.25, 0.3) is 0 Å². The SMILES string of the molecule is Cn1ncnc1CC(CCl)c1ccccc1. The van der Waals surface area contributed by atoms with Gasteiger partial charge in [-0.3, -0.25) is 4.68 Å². The molecule has 0 spiro atoms. The van der Waals surface area contributed by atoms with Crippen molar-refractivity contribution in [2.75, 3.05) is 5.88 Å². The van der Waals surface area contributed by atoms with Gasteiger partial charge in [-0.1, -0.05) is 30.3 Å². The van der Waals surface area contributed by atoms with Gasteiger partial charge >= 0.3 is 0 Å². The second-order valence-electron chi connectivity index (χ2n) is 3.77. The molecule has 0 N–H and O–H groups in total. The predicted molar refractivity (Wildman–Crippen MR) is 64.6 cm³/mol. The molecule has 2 rings (SSSR count). The third kappa shape index (κ3) is 2.42. The molecule has 84 valence electrons. The van der Waals surface area contributed by atoms with E-state index in [-0.39, 0.29) is 0 Å². The van der Waals surface area contributed by atoms with Crippen LogP contribution < -0.4 is 0 Å². The van der Waals surface area contributed by atoms with Crippen LogP contribution >= 0.6 is 11.6 Å². The first kappa shape index (κ1) is 11.1. The molecule has 16 heavy (non-hydrogen) atoms. The number of aryl methyl sites for hydroxylation is 1. The molecule has 0 radical (unpaired) electrons. The van der Waals surface area contributed by atoms with Gasteiger partial charge in [-0.25, -0.2) is 4.98 Å². The summed E-state index contributed by atoms with van der Waals surface area (Å²) < 4.78 is 1.79. The van der Waals surface area contributed by atoms with Crippen LogP contribution in [0.3, 0.4) is 0 Å². The van der Waals surface area contributed by atoms with E-state index in [0.29, 0.717) is 11.8 Å². The Bertz CT molecular complexity index is 439. The summed E-state index contributed by atoms with van der Waals surface area (Å²) >= 11 is 6.01. The second kappa shape index (κ2) is 5.12. The van der Waals surface area contributed by atoms with Crippen molar-refractivity contribution in [1.29, 1.82) is 0 Å². The smallest absolute Gasteiger partial charge is 0.138 e. The fraction of sp³-hybridized carbons (Fsp3) is 0.333. The molecular weight excluding hydrogens is 222 g/mol. The van der Waals surface area contributed by atoms with E-state index in [2.05, 4.69) is 22.2 Å². The second-order valence-corrected chi connectivity index (χ2v) is 4.07. The molecule has 0 aliphatic carbocycles. The molecule has 0 fully saturated rings. The first-order chi connectivity index (χ1) is 7.81. The fourth-order valence-corrected chi connectivity index (χ4v) is 2.00. The molecule has 0 saturated heterocycles. The zero-order chi connectivity index (χ0) is 11.4. The topological polar surface area (TPSA) is 30.7 Å². The summed E-state index contributed by atoms with van der Waals surface area (Å²) in [6.45, 7) is 0. The zero-order valence-electron chi connectivity index (χ0n) is 9.18. The third-order valence-corrected chi connectivity index (χ3v) is 3.06. The molecule has 0 amide bonds. The number of halogens is 1. The Labute approximate surface area is 100 Å². The number of hydrogen-bond donors (Lipinski definition) is 0. The van der Waals surface area contributed by atoms with Gasteiger partial charge in [0.2, 0.25) is 0 Å². The Morgan fingerprint density at radius 2 is 2.06 bits per heavy atom. The third-order valence-electron chi connectivity index (χ3n) is 2.69. The van der Waals surface area contributed by atoms with Gasteiger partial charge in [0.25, 0.3) is 0 Å². The molecule has 1 atom stereocenters. The molecule has 0 saturated carbocycles. The Balaban J connectivity index is 2.16. The number of nitrogens with zero attached hydrogens (tertiary/aromatic N) is 3. The Morgan fingerprint density at radius 1 is 1.31 bits per heavy atom. The molecule has 1 heterocycles. The van der Waals surface area contributed by atoms with Crippen molar-refractivity contribution in [2.24, 2.45) is 7.05 Å². The van der Waals surface area contributed by atoms with Gasteiger partial charge in [-0.2, -0.15) is 5.10 Å². The maximum atomic E-state index is 6.01. The Morgan fingerprint density at radius 3 is 2.62 bits per heavy atom.